The minimum absolute atomic E-state index is 0.0103. The maximum Gasteiger partial charge on any atom is 0.339 e. The molecule has 0 unspecified atom stereocenters. The van der Waals surface area contributed by atoms with Crippen molar-refractivity contribution in [1.29, 1.82) is 0 Å². The SMILES string of the molecule is CC/C=C/CCCCCCCCCCCOC(=O)c1ccccc1C(=O)O. The number of aromatic carboxylic acids is 1. The number of carboxylic acid groups (broad SMARTS) is 1. The molecular formula is C23H34O4. The number of carbonyl (C=O) groups excluding carboxylic acids is 1. The summed E-state index contributed by atoms with van der Waals surface area (Å²) in [6, 6.07) is 6.15. The molecule has 0 fully saturated rings. The number of unbranched alkanes of at least 4 members (excludes halogenated alkanes) is 9. The molecule has 0 aromatic heterocycles. The van der Waals surface area contributed by atoms with Crippen LogP contribution in [-0.4, -0.2) is 23.7 Å². The van der Waals surface area contributed by atoms with E-state index in [4.69, 9.17) is 9.84 Å². The second-order valence-corrected chi connectivity index (χ2v) is 6.84. The first-order valence-electron chi connectivity index (χ1n) is 10.3. The Balaban J connectivity index is 2.00. The highest BCUT2D eigenvalue weighted by Crippen LogP contribution is 2.13. The lowest BCUT2D eigenvalue weighted by Crippen LogP contribution is -2.12. The molecule has 0 bridgehead atoms. The second-order valence-electron chi connectivity index (χ2n) is 6.84. The monoisotopic (exact) mass is 374 g/mol. The average molecular weight is 375 g/mol. The molecule has 0 saturated heterocycles. The van der Waals surface area contributed by atoms with E-state index in [1.54, 1.807) is 12.1 Å². The van der Waals surface area contributed by atoms with E-state index in [1.165, 1.54) is 57.1 Å². The van der Waals surface area contributed by atoms with Crippen LogP contribution in [0.15, 0.2) is 36.4 Å². The average Bonchev–Trinajstić information content (AvgIpc) is 2.68. The van der Waals surface area contributed by atoms with Gasteiger partial charge in [0.2, 0.25) is 0 Å². The Bertz CT molecular complexity index is 577. The number of hydrogen-bond acceptors (Lipinski definition) is 3. The summed E-state index contributed by atoms with van der Waals surface area (Å²) < 4.78 is 5.21. The highest BCUT2D eigenvalue weighted by atomic mass is 16.5. The Morgan fingerprint density at radius 2 is 1.41 bits per heavy atom. The minimum atomic E-state index is -1.11. The largest absolute Gasteiger partial charge is 0.478 e. The number of esters is 1. The molecule has 4 heteroatoms. The number of carbonyl (C=O) groups is 2. The van der Waals surface area contributed by atoms with Crippen molar-refractivity contribution in [3.05, 3.63) is 47.5 Å². The molecule has 150 valence electrons. The molecule has 0 aliphatic carbocycles. The summed E-state index contributed by atoms with van der Waals surface area (Å²) >= 11 is 0. The van der Waals surface area contributed by atoms with Crippen LogP contribution in [0.5, 0.6) is 0 Å². The standard InChI is InChI=1S/C23H34O4/c1-2-3-4-5-6-7-8-9-10-11-12-13-16-19-27-23(26)21-18-15-14-17-20(21)22(24)25/h3-4,14-15,17-18H,2,5-13,16,19H2,1H3,(H,24,25)/b4-3+. The molecule has 0 amide bonds. The van der Waals surface area contributed by atoms with Crippen molar-refractivity contribution in [3.63, 3.8) is 0 Å². The van der Waals surface area contributed by atoms with E-state index in [0.29, 0.717) is 6.61 Å². The third-order valence-electron chi connectivity index (χ3n) is 4.53. The van der Waals surface area contributed by atoms with Gasteiger partial charge in [0.1, 0.15) is 0 Å². The van der Waals surface area contributed by atoms with E-state index < -0.39 is 11.9 Å². The van der Waals surface area contributed by atoms with Crippen LogP contribution in [0, 0.1) is 0 Å². The van der Waals surface area contributed by atoms with Crippen LogP contribution in [0.4, 0.5) is 0 Å². The summed E-state index contributed by atoms with van der Waals surface area (Å²) in [4.78, 5) is 23.1. The second kappa shape index (κ2) is 15.0. The van der Waals surface area contributed by atoms with Gasteiger partial charge in [0.15, 0.2) is 0 Å². The molecule has 1 rings (SSSR count). The number of benzene rings is 1. The molecule has 0 radical (unpaired) electrons. The molecular weight excluding hydrogens is 340 g/mol. The summed E-state index contributed by atoms with van der Waals surface area (Å²) in [6.07, 6.45) is 17.6. The molecule has 0 aliphatic rings. The number of ether oxygens (including phenoxy) is 1. The quantitative estimate of drug-likeness (QED) is 0.219. The fraction of sp³-hybridized carbons (Fsp3) is 0.565. The predicted molar refractivity (Wildman–Crippen MR) is 109 cm³/mol. The zero-order valence-corrected chi connectivity index (χ0v) is 16.6. The highest BCUT2D eigenvalue weighted by Gasteiger charge is 2.16. The van der Waals surface area contributed by atoms with Crippen molar-refractivity contribution < 1.29 is 19.4 Å². The Labute approximate surface area is 163 Å². The van der Waals surface area contributed by atoms with Gasteiger partial charge in [0, 0.05) is 0 Å². The van der Waals surface area contributed by atoms with E-state index >= 15 is 0 Å². The molecule has 0 aliphatic heterocycles. The van der Waals surface area contributed by atoms with E-state index in [9.17, 15) is 9.59 Å². The Kier molecular flexibility index (Phi) is 12.7. The van der Waals surface area contributed by atoms with Crippen LogP contribution < -0.4 is 0 Å². The predicted octanol–water partition coefficient (Wildman–Crippen LogP) is 6.41. The van der Waals surface area contributed by atoms with Crippen LogP contribution in [0.1, 0.15) is 98.3 Å². The maximum absolute atomic E-state index is 12.0. The van der Waals surface area contributed by atoms with Crippen molar-refractivity contribution in [3.8, 4) is 0 Å². The summed E-state index contributed by atoms with van der Waals surface area (Å²) in [5, 5.41) is 9.10. The van der Waals surface area contributed by atoms with Crippen LogP contribution in [0.25, 0.3) is 0 Å². The van der Waals surface area contributed by atoms with Crippen LogP contribution >= 0.6 is 0 Å². The van der Waals surface area contributed by atoms with Crippen molar-refractivity contribution in [1.82, 2.24) is 0 Å². The van der Waals surface area contributed by atoms with Crippen molar-refractivity contribution >= 4 is 11.9 Å². The number of allylic oxidation sites excluding steroid dienone is 2. The fourth-order valence-corrected chi connectivity index (χ4v) is 2.98. The van der Waals surface area contributed by atoms with Gasteiger partial charge in [-0.25, -0.2) is 9.59 Å². The first-order valence-corrected chi connectivity index (χ1v) is 10.3. The smallest absolute Gasteiger partial charge is 0.339 e. The lowest BCUT2D eigenvalue weighted by molar-refractivity contribution is 0.0487. The van der Waals surface area contributed by atoms with E-state index in [-0.39, 0.29) is 11.1 Å². The van der Waals surface area contributed by atoms with Gasteiger partial charge >= 0.3 is 11.9 Å². The van der Waals surface area contributed by atoms with Gasteiger partial charge in [-0.05, 0) is 37.8 Å². The molecule has 0 atom stereocenters. The summed E-state index contributed by atoms with van der Waals surface area (Å²) in [7, 11) is 0. The Morgan fingerprint density at radius 1 is 0.852 bits per heavy atom. The molecule has 0 spiro atoms. The van der Waals surface area contributed by atoms with E-state index in [0.717, 1.165) is 25.7 Å². The molecule has 1 aromatic carbocycles. The highest BCUT2D eigenvalue weighted by molar-refractivity contribution is 6.02. The molecule has 27 heavy (non-hydrogen) atoms. The zero-order chi connectivity index (χ0) is 19.7. The first kappa shape index (κ1) is 22.9. The van der Waals surface area contributed by atoms with Crippen molar-refractivity contribution in [2.45, 2.75) is 77.6 Å². The van der Waals surface area contributed by atoms with Crippen molar-refractivity contribution in [2.24, 2.45) is 0 Å². The minimum Gasteiger partial charge on any atom is -0.478 e. The molecule has 4 nitrogen and oxygen atoms in total. The third kappa shape index (κ3) is 10.6. The summed E-state index contributed by atoms with van der Waals surface area (Å²) in [6.45, 7) is 2.51. The number of rotatable bonds is 15. The Hall–Kier alpha value is -2.10. The van der Waals surface area contributed by atoms with Crippen LogP contribution in [0.3, 0.4) is 0 Å². The van der Waals surface area contributed by atoms with Gasteiger partial charge in [-0.1, -0.05) is 76.2 Å². The van der Waals surface area contributed by atoms with Gasteiger partial charge in [-0.15, -0.1) is 0 Å². The lowest BCUT2D eigenvalue weighted by Gasteiger charge is -2.07. The summed E-state index contributed by atoms with van der Waals surface area (Å²) in [5.74, 6) is -1.67. The van der Waals surface area contributed by atoms with Gasteiger partial charge in [-0.3, -0.25) is 0 Å². The van der Waals surface area contributed by atoms with Gasteiger partial charge in [-0.2, -0.15) is 0 Å². The molecule has 1 aromatic rings. The first-order chi connectivity index (χ1) is 13.2. The number of hydrogen-bond donors (Lipinski definition) is 1. The normalized spacial score (nSPS) is 11.0. The fourth-order valence-electron chi connectivity index (χ4n) is 2.98. The molecule has 1 N–H and O–H groups in total. The van der Waals surface area contributed by atoms with Gasteiger partial charge < -0.3 is 9.84 Å². The zero-order valence-electron chi connectivity index (χ0n) is 16.6. The topological polar surface area (TPSA) is 63.6 Å². The van der Waals surface area contributed by atoms with Crippen LogP contribution in [-0.2, 0) is 4.74 Å². The maximum atomic E-state index is 12.0. The van der Waals surface area contributed by atoms with Gasteiger partial charge in [0.05, 0.1) is 17.7 Å². The number of carboxylic acids is 1. The van der Waals surface area contributed by atoms with E-state index in [1.807, 2.05) is 0 Å². The lowest BCUT2D eigenvalue weighted by atomic mass is 10.1. The molecule has 0 saturated carbocycles. The van der Waals surface area contributed by atoms with Gasteiger partial charge in [0.25, 0.3) is 0 Å². The van der Waals surface area contributed by atoms with Crippen LogP contribution in [0.2, 0.25) is 0 Å². The Morgan fingerprint density at radius 3 is 2.00 bits per heavy atom. The van der Waals surface area contributed by atoms with E-state index in [2.05, 4.69) is 19.1 Å². The van der Waals surface area contributed by atoms with Crippen molar-refractivity contribution in [2.75, 3.05) is 6.61 Å². The third-order valence-corrected chi connectivity index (χ3v) is 4.53. The molecule has 0 heterocycles. The summed E-state index contributed by atoms with van der Waals surface area (Å²) in [5.41, 5.74) is 0.110.